The molecule has 3 heterocycles. The van der Waals surface area contributed by atoms with Crippen molar-refractivity contribution in [3.63, 3.8) is 0 Å². The number of hydrogen-bond acceptors (Lipinski definition) is 2. The number of thiocarbonyl (C=S) groups is 1. The number of anilines is 1. The monoisotopic (exact) mass is 472 g/mol. The van der Waals surface area contributed by atoms with Crippen LogP contribution in [0, 0.1) is 20.8 Å². The van der Waals surface area contributed by atoms with E-state index in [2.05, 4.69) is 70.9 Å². The van der Waals surface area contributed by atoms with E-state index in [0.717, 1.165) is 39.0 Å². The summed E-state index contributed by atoms with van der Waals surface area (Å²) in [5, 5.41) is 5.01. The van der Waals surface area contributed by atoms with E-state index >= 15 is 0 Å². The molecule has 1 fully saturated rings. The van der Waals surface area contributed by atoms with Gasteiger partial charge in [0.15, 0.2) is 5.11 Å². The van der Waals surface area contributed by atoms with Crippen molar-refractivity contribution in [2.24, 2.45) is 0 Å². The molecule has 2 aromatic heterocycles. The van der Waals surface area contributed by atoms with Crippen molar-refractivity contribution >= 4 is 34.6 Å². The van der Waals surface area contributed by atoms with Crippen molar-refractivity contribution in [3.05, 3.63) is 112 Å². The highest BCUT2D eigenvalue weighted by molar-refractivity contribution is 7.80. The average molecular weight is 473 g/mol. The van der Waals surface area contributed by atoms with E-state index in [1.165, 1.54) is 5.56 Å². The summed E-state index contributed by atoms with van der Waals surface area (Å²) < 4.78 is 2.29. The first-order valence-electron chi connectivity index (χ1n) is 11.0. The molecule has 2 atom stereocenters. The topological polar surface area (TPSA) is 33.1 Å². The molecule has 0 spiro atoms. The molecule has 5 rings (SSSR count). The first-order valence-corrected chi connectivity index (χ1v) is 11.8. The van der Waals surface area contributed by atoms with Gasteiger partial charge in [-0.3, -0.25) is 4.98 Å². The van der Waals surface area contributed by atoms with E-state index in [1.807, 2.05) is 48.7 Å². The molecule has 166 valence electrons. The summed E-state index contributed by atoms with van der Waals surface area (Å²) >= 11 is 12.3. The Morgan fingerprint density at radius 1 is 0.939 bits per heavy atom. The van der Waals surface area contributed by atoms with Gasteiger partial charge in [-0.2, -0.15) is 0 Å². The van der Waals surface area contributed by atoms with Gasteiger partial charge in [0.25, 0.3) is 0 Å². The number of benzene rings is 2. The lowest BCUT2D eigenvalue weighted by molar-refractivity contribution is 0.565. The highest BCUT2D eigenvalue weighted by Crippen LogP contribution is 2.43. The van der Waals surface area contributed by atoms with Crippen molar-refractivity contribution in [1.82, 2.24) is 14.9 Å². The lowest BCUT2D eigenvalue weighted by Gasteiger charge is -2.28. The van der Waals surface area contributed by atoms with Gasteiger partial charge in [0.05, 0.1) is 17.8 Å². The van der Waals surface area contributed by atoms with Gasteiger partial charge in [-0.15, -0.1) is 0 Å². The molecule has 33 heavy (non-hydrogen) atoms. The number of aromatic nitrogens is 2. The fourth-order valence-electron chi connectivity index (χ4n) is 4.83. The molecule has 6 heteroatoms. The second-order valence-corrected chi connectivity index (χ2v) is 9.17. The summed E-state index contributed by atoms with van der Waals surface area (Å²) in [5.74, 6) is 0. The molecular weight excluding hydrogens is 448 g/mol. The Kier molecular flexibility index (Phi) is 5.69. The van der Waals surface area contributed by atoms with Gasteiger partial charge in [-0.1, -0.05) is 41.9 Å². The Bertz CT molecular complexity index is 1320. The zero-order valence-corrected chi connectivity index (χ0v) is 20.4. The Morgan fingerprint density at radius 2 is 1.70 bits per heavy atom. The van der Waals surface area contributed by atoms with E-state index < -0.39 is 0 Å². The molecule has 1 saturated heterocycles. The molecule has 1 aliphatic heterocycles. The quantitative estimate of drug-likeness (QED) is 0.338. The molecule has 0 aliphatic carbocycles. The fourth-order valence-corrected chi connectivity index (χ4v) is 5.35. The number of para-hydroxylation sites is 1. The summed E-state index contributed by atoms with van der Waals surface area (Å²) in [6, 6.07) is 24.5. The normalized spacial score (nSPS) is 17.9. The molecule has 4 nitrogen and oxygen atoms in total. The molecule has 2 aromatic carbocycles. The van der Waals surface area contributed by atoms with Crippen LogP contribution in [-0.2, 0) is 0 Å². The maximum Gasteiger partial charge on any atom is 0.174 e. The second-order valence-electron chi connectivity index (χ2n) is 8.38. The minimum Gasteiger partial charge on any atom is -0.351 e. The SMILES string of the molecule is Cc1c(Cl)cccc1-n1c(C)cc([C@H]2[C@H](c3ccccn3)NC(=S)N2c2ccccc2)c1C. The summed E-state index contributed by atoms with van der Waals surface area (Å²) in [4.78, 5) is 6.88. The van der Waals surface area contributed by atoms with Crippen LogP contribution in [-0.4, -0.2) is 14.7 Å². The molecule has 0 bridgehead atoms. The summed E-state index contributed by atoms with van der Waals surface area (Å²) in [7, 11) is 0. The van der Waals surface area contributed by atoms with E-state index in [1.54, 1.807) is 0 Å². The summed E-state index contributed by atoms with van der Waals surface area (Å²) in [6.07, 6.45) is 1.83. The van der Waals surface area contributed by atoms with Crippen molar-refractivity contribution in [1.29, 1.82) is 0 Å². The van der Waals surface area contributed by atoms with Crippen LogP contribution < -0.4 is 10.2 Å². The highest BCUT2D eigenvalue weighted by atomic mass is 35.5. The standard InChI is InChI=1S/C27H25ClN4S/c1-17-16-21(19(3)31(17)24-14-9-12-22(28)18(24)2)26-25(23-13-7-8-15-29-23)30-27(33)32(26)20-10-5-4-6-11-20/h4-16,25-26H,1-3H3,(H,30,33)/t25-,26-/m0/s1. The number of hydrogen-bond donors (Lipinski definition) is 1. The van der Waals surface area contributed by atoms with Crippen LogP contribution in [0.3, 0.4) is 0 Å². The van der Waals surface area contributed by atoms with E-state index in [0.29, 0.717) is 5.11 Å². The lowest BCUT2D eigenvalue weighted by atomic mass is 9.96. The van der Waals surface area contributed by atoms with Crippen molar-refractivity contribution in [3.8, 4) is 5.69 Å². The Balaban J connectivity index is 1.70. The molecule has 0 saturated carbocycles. The second kappa shape index (κ2) is 8.65. The first kappa shape index (κ1) is 21.7. The average Bonchev–Trinajstić information content (AvgIpc) is 3.32. The van der Waals surface area contributed by atoms with E-state index in [9.17, 15) is 0 Å². The third kappa shape index (κ3) is 3.71. The molecule has 0 unspecified atom stereocenters. The zero-order chi connectivity index (χ0) is 23.1. The lowest BCUT2D eigenvalue weighted by Crippen LogP contribution is -2.29. The van der Waals surface area contributed by atoms with E-state index in [4.69, 9.17) is 23.8 Å². The first-order chi connectivity index (χ1) is 16.0. The van der Waals surface area contributed by atoms with Crippen LogP contribution in [0.2, 0.25) is 5.02 Å². The van der Waals surface area contributed by atoms with Gasteiger partial charge in [-0.25, -0.2) is 0 Å². The maximum atomic E-state index is 6.47. The maximum absolute atomic E-state index is 6.47. The van der Waals surface area contributed by atoms with Crippen molar-refractivity contribution < 1.29 is 0 Å². The molecule has 4 aromatic rings. The number of pyridine rings is 1. The van der Waals surface area contributed by atoms with Crippen molar-refractivity contribution in [2.45, 2.75) is 32.9 Å². The summed E-state index contributed by atoms with van der Waals surface area (Å²) in [5.41, 5.74) is 7.70. The zero-order valence-electron chi connectivity index (χ0n) is 18.8. The molecule has 1 N–H and O–H groups in total. The molecule has 0 amide bonds. The van der Waals surface area contributed by atoms with Crippen LogP contribution in [0.5, 0.6) is 0 Å². The predicted octanol–water partition coefficient (Wildman–Crippen LogP) is 6.63. The number of nitrogens with zero attached hydrogens (tertiary/aromatic N) is 3. The number of rotatable bonds is 4. The van der Waals surface area contributed by atoms with Gasteiger partial charge < -0.3 is 14.8 Å². The Morgan fingerprint density at radius 3 is 2.42 bits per heavy atom. The van der Waals surface area contributed by atoms with Gasteiger partial charge in [0.1, 0.15) is 0 Å². The largest absolute Gasteiger partial charge is 0.351 e. The Hall–Kier alpha value is -3.15. The third-order valence-electron chi connectivity index (χ3n) is 6.40. The van der Waals surface area contributed by atoms with Crippen LogP contribution in [0.4, 0.5) is 5.69 Å². The molecular formula is C27H25ClN4S. The summed E-state index contributed by atoms with van der Waals surface area (Å²) in [6.45, 7) is 6.37. The fraction of sp³-hybridized carbons (Fsp3) is 0.185. The van der Waals surface area contributed by atoms with Gasteiger partial charge in [0.2, 0.25) is 0 Å². The third-order valence-corrected chi connectivity index (χ3v) is 7.13. The smallest absolute Gasteiger partial charge is 0.174 e. The number of aryl methyl sites for hydroxylation is 1. The molecule has 0 radical (unpaired) electrons. The van der Waals surface area contributed by atoms with Gasteiger partial charge in [-0.05, 0) is 86.6 Å². The minimum absolute atomic E-state index is 0.0470. The van der Waals surface area contributed by atoms with Gasteiger partial charge >= 0.3 is 0 Å². The van der Waals surface area contributed by atoms with Crippen LogP contribution in [0.15, 0.2) is 79.0 Å². The van der Waals surface area contributed by atoms with Crippen LogP contribution in [0.1, 0.15) is 40.3 Å². The minimum atomic E-state index is -0.0756. The van der Waals surface area contributed by atoms with Crippen molar-refractivity contribution in [2.75, 3.05) is 4.90 Å². The number of halogens is 1. The van der Waals surface area contributed by atoms with Crippen LogP contribution in [0.25, 0.3) is 5.69 Å². The van der Waals surface area contributed by atoms with Gasteiger partial charge in [0, 0.05) is 34.0 Å². The number of nitrogens with one attached hydrogen (secondary N) is 1. The van der Waals surface area contributed by atoms with Crippen LogP contribution >= 0.6 is 23.8 Å². The molecule has 1 aliphatic rings. The Labute approximate surface area is 204 Å². The highest BCUT2D eigenvalue weighted by Gasteiger charge is 2.42. The van der Waals surface area contributed by atoms with E-state index in [-0.39, 0.29) is 12.1 Å². The predicted molar refractivity (Wildman–Crippen MR) is 139 cm³/mol.